The number of morpholine rings is 1. The van der Waals surface area contributed by atoms with Crippen molar-refractivity contribution in [3.8, 4) is 0 Å². The van der Waals surface area contributed by atoms with Crippen molar-refractivity contribution in [2.75, 3.05) is 61.6 Å². The van der Waals surface area contributed by atoms with E-state index in [1.165, 1.54) is 13.2 Å². The minimum Gasteiger partial charge on any atom is -0.465 e. The molecule has 10 nitrogen and oxygen atoms in total. The van der Waals surface area contributed by atoms with Crippen LogP contribution in [-0.4, -0.2) is 63.3 Å². The number of nitrogens with zero attached hydrogens (tertiary/aromatic N) is 3. The summed E-state index contributed by atoms with van der Waals surface area (Å²) in [6, 6.07) is 9.52. The Bertz CT molecular complexity index is 1060. The van der Waals surface area contributed by atoms with Crippen LogP contribution in [0.1, 0.15) is 33.6 Å². The van der Waals surface area contributed by atoms with Gasteiger partial charge in [0.05, 0.1) is 36.5 Å². The van der Waals surface area contributed by atoms with E-state index in [9.17, 15) is 19.7 Å². The Balaban J connectivity index is 1.58. The second-order valence-electron chi connectivity index (χ2n) is 7.93. The fourth-order valence-electron chi connectivity index (χ4n) is 4.21. The number of benzene rings is 2. The lowest BCUT2D eigenvalue weighted by Crippen LogP contribution is -2.37. The first-order chi connectivity index (χ1) is 16.0. The van der Waals surface area contributed by atoms with E-state index in [4.69, 9.17) is 9.47 Å². The zero-order valence-corrected chi connectivity index (χ0v) is 18.4. The van der Waals surface area contributed by atoms with E-state index in [1.54, 1.807) is 30.3 Å². The predicted octanol–water partition coefficient (Wildman–Crippen LogP) is 3.07. The third-order valence-corrected chi connectivity index (χ3v) is 5.89. The van der Waals surface area contributed by atoms with Crippen LogP contribution in [0.25, 0.3) is 0 Å². The van der Waals surface area contributed by atoms with E-state index in [1.807, 2.05) is 9.80 Å². The molecule has 174 valence electrons. The van der Waals surface area contributed by atoms with Crippen LogP contribution in [0.4, 0.5) is 22.7 Å². The van der Waals surface area contributed by atoms with Crippen molar-refractivity contribution in [1.82, 2.24) is 0 Å². The monoisotopic (exact) mass is 454 g/mol. The summed E-state index contributed by atoms with van der Waals surface area (Å²) in [5.74, 6) is -1.01. The fourth-order valence-corrected chi connectivity index (χ4v) is 4.21. The largest absolute Gasteiger partial charge is 0.465 e. The van der Waals surface area contributed by atoms with Crippen molar-refractivity contribution >= 4 is 34.6 Å². The van der Waals surface area contributed by atoms with Gasteiger partial charge >= 0.3 is 5.97 Å². The molecule has 0 unspecified atom stereocenters. The van der Waals surface area contributed by atoms with E-state index in [-0.39, 0.29) is 11.3 Å². The van der Waals surface area contributed by atoms with Crippen LogP contribution in [0.3, 0.4) is 0 Å². The van der Waals surface area contributed by atoms with Gasteiger partial charge in [0.25, 0.3) is 11.6 Å². The number of anilines is 3. The number of hydrogen-bond acceptors (Lipinski definition) is 8. The lowest BCUT2D eigenvalue weighted by molar-refractivity contribution is -0.384. The number of rotatable bonds is 6. The average molecular weight is 454 g/mol. The molecular formula is C23H26N4O6. The van der Waals surface area contributed by atoms with Crippen LogP contribution in [0.5, 0.6) is 0 Å². The van der Waals surface area contributed by atoms with Crippen molar-refractivity contribution < 1.29 is 24.0 Å². The van der Waals surface area contributed by atoms with E-state index in [0.717, 1.165) is 25.9 Å². The molecule has 2 aromatic carbocycles. The second-order valence-corrected chi connectivity index (χ2v) is 7.93. The Labute approximate surface area is 191 Å². The molecule has 0 aliphatic carbocycles. The van der Waals surface area contributed by atoms with E-state index in [0.29, 0.717) is 48.9 Å². The van der Waals surface area contributed by atoms with E-state index < -0.39 is 16.8 Å². The third-order valence-electron chi connectivity index (χ3n) is 5.89. The third kappa shape index (κ3) is 4.90. The van der Waals surface area contributed by atoms with Gasteiger partial charge in [-0.15, -0.1) is 0 Å². The first kappa shape index (κ1) is 22.5. The molecule has 2 aliphatic rings. The molecule has 0 aromatic heterocycles. The Morgan fingerprint density at radius 1 is 1.00 bits per heavy atom. The van der Waals surface area contributed by atoms with Crippen molar-refractivity contribution in [2.45, 2.75) is 12.8 Å². The maximum Gasteiger partial charge on any atom is 0.340 e. The normalized spacial score (nSPS) is 15.9. The van der Waals surface area contributed by atoms with Crippen molar-refractivity contribution in [2.24, 2.45) is 0 Å². The SMILES string of the molecule is COC(=O)c1cc(NC(=O)c2ccc(N3CCCC3)c([N+](=O)[O-])c2)ccc1N1CCOCC1. The number of carbonyl (C=O) groups excluding carboxylic acids is 2. The van der Waals surface area contributed by atoms with Crippen LogP contribution >= 0.6 is 0 Å². The number of nitrogens with one attached hydrogen (secondary N) is 1. The summed E-state index contributed by atoms with van der Waals surface area (Å²) >= 11 is 0. The quantitative estimate of drug-likeness (QED) is 0.402. The molecule has 10 heteroatoms. The maximum absolute atomic E-state index is 12.9. The number of amides is 1. The number of esters is 1. The van der Waals surface area contributed by atoms with Gasteiger partial charge in [-0.1, -0.05) is 0 Å². The zero-order valence-electron chi connectivity index (χ0n) is 18.4. The summed E-state index contributed by atoms with van der Waals surface area (Å²) in [6.07, 6.45) is 1.98. The Hall–Kier alpha value is -3.66. The Morgan fingerprint density at radius 3 is 2.33 bits per heavy atom. The standard InChI is InChI=1S/C23H26N4O6/c1-32-23(29)18-15-17(5-7-19(18)26-10-12-33-13-11-26)24-22(28)16-4-6-20(21(14-16)27(30)31)25-8-2-3-9-25/h4-7,14-15H,2-3,8-13H2,1H3,(H,24,28). The van der Waals surface area contributed by atoms with Crippen LogP contribution in [0.2, 0.25) is 0 Å². The molecule has 2 heterocycles. The van der Waals surface area contributed by atoms with Gasteiger partial charge < -0.3 is 24.6 Å². The lowest BCUT2D eigenvalue weighted by atomic mass is 10.1. The van der Waals surface area contributed by atoms with Crippen molar-refractivity contribution in [3.63, 3.8) is 0 Å². The highest BCUT2D eigenvalue weighted by molar-refractivity contribution is 6.06. The van der Waals surface area contributed by atoms with Gasteiger partial charge in [0.1, 0.15) is 5.69 Å². The number of ether oxygens (including phenoxy) is 2. The molecule has 2 fully saturated rings. The number of hydrogen-bond donors (Lipinski definition) is 1. The van der Waals surface area contributed by atoms with Gasteiger partial charge in [-0.25, -0.2) is 4.79 Å². The molecule has 2 aliphatic heterocycles. The number of carbonyl (C=O) groups is 2. The summed E-state index contributed by atoms with van der Waals surface area (Å²) < 4.78 is 10.3. The molecule has 4 rings (SSSR count). The van der Waals surface area contributed by atoms with Gasteiger partial charge in [0, 0.05) is 43.5 Å². The number of nitro benzene ring substituents is 1. The molecule has 0 radical (unpaired) electrons. The highest BCUT2D eigenvalue weighted by Crippen LogP contribution is 2.32. The van der Waals surface area contributed by atoms with Gasteiger partial charge in [-0.3, -0.25) is 14.9 Å². The first-order valence-corrected chi connectivity index (χ1v) is 10.9. The molecule has 0 spiro atoms. The van der Waals surface area contributed by atoms with Gasteiger partial charge in [-0.05, 0) is 43.2 Å². The summed E-state index contributed by atoms with van der Waals surface area (Å²) in [5.41, 5.74) is 2.02. The highest BCUT2D eigenvalue weighted by atomic mass is 16.6. The van der Waals surface area contributed by atoms with Gasteiger partial charge in [0.2, 0.25) is 0 Å². The van der Waals surface area contributed by atoms with E-state index in [2.05, 4.69) is 5.32 Å². The summed E-state index contributed by atoms with van der Waals surface area (Å²) in [5, 5.41) is 14.4. The maximum atomic E-state index is 12.9. The van der Waals surface area contributed by atoms with Crippen molar-refractivity contribution in [3.05, 3.63) is 57.6 Å². The summed E-state index contributed by atoms with van der Waals surface area (Å²) in [7, 11) is 1.30. The molecule has 2 saturated heterocycles. The van der Waals surface area contributed by atoms with Crippen LogP contribution in [-0.2, 0) is 9.47 Å². The smallest absolute Gasteiger partial charge is 0.340 e. The molecule has 33 heavy (non-hydrogen) atoms. The Morgan fingerprint density at radius 2 is 1.67 bits per heavy atom. The second kappa shape index (κ2) is 9.86. The topological polar surface area (TPSA) is 114 Å². The predicted molar refractivity (Wildman–Crippen MR) is 123 cm³/mol. The van der Waals surface area contributed by atoms with Crippen molar-refractivity contribution in [1.29, 1.82) is 0 Å². The first-order valence-electron chi connectivity index (χ1n) is 10.9. The number of methoxy groups -OCH3 is 1. The Kier molecular flexibility index (Phi) is 6.74. The van der Waals surface area contributed by atoms with Crippen LogP contribution in [0.15, 0.2) is 36.4 Å². The molecule has 1 amide bonds. The molecule has 0 saturated carbocycles. The summed E-state index contributed by atoms with van der Waals surface area (Å²) in [6.45, 7) is 3.93. The highest BCUT2D eigenvalue weighted by Gasteiger charge is 2.25. The molecule has 0 bridgehead atoms. The average Bonchev–Trinajstić information content (AvgIpc) is 3.38. The molecule has 0 atom stereocenters. The van der Waals surface area contributed by atoms with Gasteiger partial charge in [0.15, 0.2) is 0 Å². The van der Waals surface area contributed by atoms with E-state index >= 15 is 0 Å². The fraction of sp³-hybridized carbons (Fsp3) is 0.391. The molecule has 2 aromatic rings. The van der Waals surface area contributed by atoms with Gasteiger partial charge in [-0.2, -0.15) is 0 Å². The molecular weight excluding hydrogens is 428 g/mol. The minimum absolute atomic E-state index is 0.0949. The molecule has 1 N–H and O–H groups in total. The summed E-state index contributed by atoms with van der Waals surface area (Å²) in [4.78, 5) is 40.4. The number of nitro groups is 1. The van der Waals surface area contributed by atoms with Crippen LogP contribution < -0.4 is 15.1 Å². The lowest BCUT2D eigenvalue weighted by Gasteiger charge is -2.30. The van der Waals surface area contributed by atoms with Crippen LogP contribution in [0, 0.1) is 10.1 Å². The minimum atomic E-state index is -0.516. The zero-order chi connectivity index (χ0) is 23.4.